The fourth-order valence-electron chi connectivity index (χ4n) is 2.38. The quantitative estimate of drug-likeness (QED) is 0.479. The number of aromatic nitrogens is 3. The van der Waals surface area contributed by atoms with Crippen molar-refractivity contribution in [3.05, 3.63) is 90.3 Å². The zero-order valence-corrected chi connectivity index (χ0v) is 14.8. The van der Waals surface area contributed by atoms with Crippen LogP contribution in [-0.4, -0.2) is 50.8 Å². The summed E-state index contributed by atoms with van der Waals surface area (Å²) in [4.78, 5) is 50.3. The van der Waals surface area contributed by atoms with Crippen molar-refractivity contribution in [2.45, 2.75) is 0 Å². The Bertz CT molecular complexity index is 898. The summed E-state index contributed by atoms with van der Waals surface area (Å²) in [6.45, 7) is -0.279. The Morgan fingerprint density at radius 3 is 1.64 bits per heavy atom. The number of ether oxygens (including phenoxy) is 1. The fraction of sp³-hybridized carbons (Fsp3) is 0.100. The second-order valence-electron chi connectivity index (χ2n) is 5.62. The average molecular weight is 376 g/mol. The molecule has 0 atom stereocenters. The molecule has 28 heavy (non-hydrogen) atoms. The van der Waals surface area contributed by atoms with Crippen LogP contribution < -0.4 is 0 Å². The molecule has 0 aliphatic carbocycles. The first-order valence-electron chi connectivity index (χ1n) is 8.40. The van der Waals surface area contributed by atoms with Gasteiger partial charge in [-0.25, -0.2) is 4.79 Å². The highest BCUT2D eigenvalue weighted by atomic mass is 16.5. The normalized spacial score (nSPS) is 10.1. The predicted octanol–water partition coefficient (Wildman–Crippen LogP) is 2.01. The molecule has 0 fully saturated rings. The summed E-state index contributed by atoms with van der Waals surface area (Å²) < 4.78 is 5.17. The summed E-state index contributed by atoms with van der Waals surface area (Å²) in [5.74, 6) is -1.67. The van der Waals surface area contributed by atoms with Gasteiger partial charge in [0, 0.05) is 37.2 Å². The van der Waals surface area contributed by atoms with Crippen LogP contribution in [-0.2, 0) is 4.74 Å². The van der Waals surface area contributed by atoms with Crippen LogP contribution in [0.15, 0.2) is 73.6 Å². The summed E-state index contributed by atoms with van der Waals surface area (Å²) in [6.07, 6.45) is 8.71. The van der Waals surface area contributed by atoms with E-state index in [0.717, 1.165) is 4.90 Å². The minimum atomic E-state index is -0.587. The molecule has 0 bridgehead atoms. The van der Waals surface area contributed by atoms with Crippen LogP contribution in [0.1, 0.15) is 31.1 Å². The molecule has 0 aliphatic heterocycles. The van der Waals surface area contributed by atoms with E-state index in [-0.39, 0.29) is 29.8 Å². The second-order valence-corrected chi connectivity index (χ2v) is 5.62. The number of hydrogen-bond donors (Lipinski definition) is 0. The van der Waals surface area contributed by atoms with Crippen molar-refractivity contribution in [1.29, 1.82) is 0 Å². The van der Waals surface area contributed by atoms with E-state index in [1.807, 2.05) is 0 Å². The van der Waals surface area contributed by atoms with Gasteiger partial charge in [-0.05, 0) is 36.4 Å². The summed E-state index contributed by atoms with van der Waals surface area (Å²) in [7, 11) is 0. The topological polar surface area (TPSA) is 102 Å². The first-order valence-corrected chi connectivity index (χ1v) is 8.40. The monoisotopic (exact) mass is 376 g/mol. The van der Waals surface area contributed by atoms with Crippen LogP contribution in [0.25, 0.3) is 0 Å². The molecule has 0 saturated heterocycles. The van der Waals surface area contributed by atoms with Gasteiger partial charge >= 0.3 is 5.97 Å². The third kappa shape index (κ3) is 4.61. The highest BCUT2D eigenvalue weighted by Gasteiger charge is 2.24. The van der Waals surface area contributed by atoms with Gasteiger partial charge in [-0.2, -0.15) is 0 Å². The minimum Gasteiger partial charge on any atom is -0.460 e. The number of rotatable bonds is 6. The molecule has 2 amide bonds. The molecular weight excluding hydrogens is 360 g/mol. The first-order chi connectivity index (χ1) is 13.7. The van der Waals surface area contributed by atoms with Crippen molar-refractivity contribution in [2.75, 3.05) is 13.2 Å². The van der Waals surface area contributed by atoms with Gasteiger partial charge in [-0.15, -0.1) is 0 Å². The Kier molecular flexibility index (Phi) is 6.14. The Morgan fingerprint density at radius 1 is 0.750 bits per heavy atom. The van der Waals surface area contributed by atoms with Gasteiger partial charge in [0.15, 0.2) is 0 Å². The predicted molar refractivity (Wildman–Crippen MR) is 98.4 cm³/mol. The van der Waals surface area contributed by atoms with Crippen molar-refractivity contribution in [3.8, 4) is 0 Å². The van der Waals surface area contributed by atoms with E-state index >= 15 is 0 Å². The Balaban J connectivity index is 1.74. The maximum atomic E-state index is 12.8. The zero-order chi connectivity index (χ0) is 19.8. The number of nitrogens with zero attached hydrogens (tertiary/aromatic N) is 4. The van der Waals surface area contributed by atoms with Crippen LogP contribution in [0.2, 0.25) is 0 Å². The van der Waals surface area contributed by atoms with Crippen molar-refractivity contribution >= 4 is 17.8 Å². The van der Waals surface area contributed by atoms with Crippen LogP contribution in [0.4, 0.5) is 0 Å². The Hall–Kier alpha value is -3.94. The molecule has 3 aromatic rings. The van der Waals surface area contributed by atoms with E-state index in [0.29, 0.717) is 0 Å². The number of carbonyl (C=O) groups excluding carboxylic acids is 3. The maximum Gasteiger partial charge on any atom is 0.339 e. The Morgan fingerprint density at radius 2 is 1.21 bits per heavy atom. The summed E-state index contributed by atoms with van der Waals surface area (Å²) in [5, 5.41) is 0. The fourth-order valence-corrected chi connectivity index (χ4v) is 2.38. The van der Waals surface area contributed by atoms with Crippen LogP contribution in [0.5, 0.6) is 0 Å². The van der Waals surface area contributed by atoms with Crippen molar-refractivity contribution < 1.29 is 19.1 Å². The SMILES string of the molecule is O=C(OCCN(C(=O)c1cccnc1)C(=O)c1cccnc1)c1cccnc1. The van der Waals surface area contributed by atoms with Gasteiger partial charge in [0.2, 0.25) is 0 Å². The molecule has 0 saturated carbocycles. The average Bonchev–Trinajstić information content (AvgIpc) is 2.77. The van der Waals surface area contributed by atoms with E-state index in [4.69, 9.17) is 4.74 Å². The lowest BCUT2D eigenvalue weighted by atomic mass is 10.2. The highest BCUT2D eigenvalue weighted by molar-refractivity contribution is 6.10. The van der Waals surface area contributed by atoms with Gasteiger partial charge in [-0.1, -0.05) is 0 Å². The molecule has 3 heterocycles. The van der Waals surface area contributed by atoms with E-state index in [1.54, 1.807) is 36.4 Å². The van der Waals surface area contributed by atoms with Crippen molar-refractivity contribution in [3.63, 3.8) is 0 Å². The van der Waals surface area contributed by atoms with Crippen molar-refractivity contribution in [1.82, 2.24) is 19.9 Å². The number of hydrogen-bond acceptors (Lipinski definition) is 7. The second kappa shape index (κ2) is 9.13. The van der Waals surface area contributed by atoms with Crippen LogP contribution >= 0.6 is 0 Å². The largest absolute Gasteiger partial charge is 0.460 e. The van der Waals surface area contributed by atoms with Crippen LogP contribution in [0, 0.1) is 0 Å². The number of esters is 1. The van der Waals surface area contributed by atoms with Gasteiger partial charge in [0.25, 0.3) is 11.8 Å². The molecular formula is C20H16N4O4. The van der Waals surface area contributed by atoms with Gasteiger partial charge in [-0.3, -0.25) is 29.4 Å². The molecule has 0 unspecified atom stereocenters. The van der Waals surface area contributed by atoms with Gasteiger partial charge in [0.1, 0.15) is 6.61 Å². The third-order valence-electron chi connectivity index (χ3n) is 3.75. The van der Waals surface area contributed by atoms with E-state index in [2.05, 4.69) is 15.0 Å². The Labute approximate surface area is 160 Å². The van der Waals surface area contributed by atoms with Crippen LogP contribution in [0.3, 0.4) is 0 Å². The number of carbonyl (C=O) groups is 3. The summed E-state index contributed by atoms with van der Waals surface area (Å²) in [5.41, 5.74) is 0.780. The highest BCUT2D eigenvalue weighted by Crippen LogP contribution is 2.09. The number of amides is 2. The number of pyridine rings is 3. The van der Waals surface area contributed by atoms with Crippen molar-refractivity contribution in [2.24, 2.45) is 0 Å². The maximum absolute atomic E-state index is 12.8. The molecule has 0 aromatic carbocycles. The van der Waals surface area contributed by atoms with E-state index in [9.17, 15) is 14.4 Å². The lowest BCUT2D eigenvalue weighted by Gasteiger charge is -2.20. The zero-order valence-electron chi connectivity index (χ0n) is 14.8. The standard InChI is InChI=1S/C20H16N4O4/c25-18(15-4-1-7-21-12-15)24(19(26)16-5-2-8-22-13-16)10-11-28-20(27)17-6-3-9-23-14-17/h1-9,12-14H,10-11H2. The van der Waals surface area contributed by atoms with Gasteiger partial charge in [0.05, 0.1) is 23.2 Å². The molecule has 8 nitrogen and oxygen atoms in total. The molecule has 0 radical (unpaired) electrons. The van der Waals surface area contributed by atoms with E-state index < -0.39 is 17.8 Å². The first kappa shape index (κ1) is 18.8. The van der Waals surface area contributed by atoms with E-state index in [1.165, 1.54) is 37.2 Å². The molecule has 0 spiro atoms. The number of imide groups is 1. The third-order valence-corrected chi connectivity index (χ3v) is 3.75. The molecule has 0 aliphatic rings. The lowest BCUT2D eigenvalue weighted by molar-refractivity contribution is 0.0406. The molecule has 3 rings (SSSR count). The summed E-state index contributed by atoms with van der Waals surface area (Å²) in [6, 6.07) is 9.49. The van der Waals surface area contributed by atoms with Gasteiger partial charge < -0.3 is 4.74 Å². The lowest BCUT2D eigenvalue weighted by Crippen LogP contribution is -2.39. The summed E-state index contributed by atoms with van der Waals surface area (Å²) >= 11 is 0. The molecule has 8 heteroatoms. The molecule has 0 N–H and O–H groups in total. The minimum absolute atomic E-state index is 0.118. The smallest absolute Gasteiger partial charge is 0.339 e. The molecule has 3 aromatic heterocycles. The molecule has 140 valence electrons.